The quantitative estimate of drug-likeness (QED) is 0.879. The second kappa shape index (κ2) is 5.77. The molecule has 0 saturated carbocycles. The SMILES string of the molecule is CSCc1ccc(CNc2cnccc2C)o1. The van der Waals surface area contributed by atoms with Crippen LogP contribution in [0, 0.1) is 6.92 Å². The molecule has 0 radical (unpaired) electrons. The normalized spacial score (nSPS) is 10.5. The first-order valence-corrected chi connectivity index (χ1v) is 6.90. The Balaban J connectivity index is 1.95. The highest BCUT2D eigenvalue weighted by Gasteiger charge is 2.02. The lowest BCUT2D eigenvalue weighted by molar-refractivity contribution is 0.487. The van der Waals surface area contributed by atoms with E-state index in [1.165, 1.54) is 5.56 Å². The zero-order chi connectivity index (χ0) is 12.1. The number of rotatable bonds is 5. The first-order valence-electron chi connectivity index (χ1n) is 5.50. The smallest absolute Gasteiger partial charge is 0.123 e. The number of aryl methyl sites for hydroxylation is 1. The number of aromatic nitrogens is 1. The van der Waals surface area contributed by atoms with Crippen molar-refractivity contribution in [2.24, 2.45) is 0 Å². The molecule has 3 nitrogen and oxygen atoms in total. The number of nitrogens with one attached hydrogen (secondary N) is 1. The summed E-state index contributed by atoms with van der Waals surface area (Å²) in [5.74, 6) is 2.90. The summed E-state index contributed by atoms with van der Waals surface area (Å²) in [5.41, 5.74) is 2.24. The van der Waals surface area contributed by atoms with Gasteiger partial charge < -0.3 is 9.73 Å². The van der Waals surface area contributed by atoms with E-state index >= 15 is 0 Å². The molecule has 2 heterocycles. The van der Waals surface area contributed by atoms with Crippen LogP contribution in [0.3, 0.4) is 0 Å². The van der Waals surface area contributed by atoms with Crippen molar-refractivity contribution in [3.8, 4) is 0 Å². The minimum Gasteiger partial charge on any atom is -0.463 e. The third kappa shape index (κ3) is 3.27. The van der Waals surface area contributed by atoms with Gasteiger partial charge in [0.05, 0.1) is 24.2 Å². The molecule has 2 rings (SSSR count). The first kappa shape index (κ1) is 12.0. The summed E-state index contributed by atoms with van der Waals surface area (Å²) in [7, 11) is 0. The molecule has 17 heavy (non-hydrogen) atoms. The van der Waals surface area contributed by atoms with Gasteiger partial charge in [0, 0.05) is 6.20 Å². The number of hydrogen-bond donors (Lipinski definition) is 1. The summed E-state index contributed by atoms with van der Waals surface area (Å²) in [6, 6.07) is 6.04. The molecular formula is C13H16N2OS. The standard InChI is InChI=1S/C13H16N2OS/c1-10-5-6-14-8-13(10)15-7-11-3-4-12(16-11)9-17-2/h3-6,8,15H,7,9H2,1-2H3. The van der Waals surface area contributed by atoms with Gasteiger partial charge in [-0.1, -0.05) is 0 Å². The zero-order valence-electron chi connectivity index (χ0n) is 10.1. The van der Waals surface area contributed by atoms with Crippen molar-refractivity contribution < 1.29 is 4.42 Å². The number of furan rings is 1. The maximum absolute atomic E-state index is 5.68. The fraction of sp³-hybridized carbons (Fsp3) is 0.308. The van der Waals surface area contributed by atoms with Crippen LogP contribution >= 0.6 is 11.8 Å². The van der Waals surface area contributed by atoms with Crippen molar-refractivity contribution >= 4 is 17.4 Å². The second-order valence-electron chi connectivity index (χ2n) is 3.85. The summed E-state index contributed by atoms with van der Waals surface area (Å²) in [4.78, 5) is 4.10. The lowest BCUT2D eigenvalue weighted by atomic mass is 10.2. The van der Waals surface area contributed by atoms with Gasteiger partial charge in [-0.05, 0) is 36.9 Å². The molecule has 0 saturated heterocycles. The van der Waals surface area contributed by atoms with Crippen LogP contribution < -0.4 is 5.32 Å². The molecule has 0 aliphatic rings. The highest BCUT2D eigenvalue weighted by atomic mass is 32.2. The van der Waals surface area contributed by atoms with Crippen molar-refractivity contribution in [2.75, 3.05) is 11.6 Å². The predicted molar refractivity (Wildman–Crippen MR) is 72.2 cm³/mol. The van der Waals surface area contributed by atoms with Crippen molar-refractivity contribution in [1.29, 1.82) is 0 Å². The third-order valence-corrected chi connectivity index (χ3v) is 3.07. The minimum atomic E-state index is 0.695. The molecule has 4 heteroatoms. The Morgan fingerprint density at radius 2 is 2.12 bits per heavy atom. The lowest BCUT2D eigenvalue weighted by Crippen LogP contribution is -2.00. The van der Waals surface area contributed by atoms with E-state index in [-0.39, 0.29) is 0 Å². The van der Waals surface area contributed by atoms with Crippen LogP contribution in [0.25, 0.3) is 0 Å². The minimum absolute atomic E-state index is 0.695. The number of nitrogens with zero attached hydrogens (tertiary/aromatic N) is 1. The Hall–Kier alpha value is -1.42. The van der Waals surface area contributed by atoms with E-state index in [4.69, 9.17) is 4.42 Å². The van der Waals surface area contributed by atoms with E-state index in [9.17, 15) is 0 Å². The van der Waals surface area contributed by atoms with Crippen LogP contribution in [0.5, 0.6) is 0 Å². The number of hydrogen-bond acceptors (Lipinski definition) is 4. The molecule has 2 aromatic rings. The zero-order valence-corrected chi connectivity index (χ0v) is 10.9. The second-order valence-corrected chi connectivity index (χ2v) is 4.71. The van der Waals surface area contributed by atoms with Crippen molar-refractivity contribution in [1.82, 2.24) is 4.98 Å². The molecule has 90 valence electrons. The van der Waals surface area contributed by atoms with Gasteiger partial charge in [0.25, 0.3) is 0 Å². The van der Waals surface area contributed by atoms with Crippen LogP contribution in [-0.4, -0.2) is 11.2 Å². The Labute approximate surface area is 106 Å². The Bertz CT molecular complexity index is 482. The molecule has 0 spiro atoms. The molecule has 0 aliphatic carbocycles. The van der Waals surface area contributed by atoms with Gasteiger partial charge in [0.1, 0.15) is 11.5 Å². The largest absolute Gasteiger partial charge is 0.463 e. The molecule has 0 atom stereocenters. The van der Waals surface area contributed by atoms with Gasteiger partial charge in [-0.25, -0.2) is 0 Å². The Kier molecular flexibility index (Phi) is 4.09. The van der Waals surface area contributed by atoms with Crippen LogP contribution in [0.4, 0.5) is 5.69 Å². The molecule has 0 bridgehead atoms. The van der Waals surface area contributed by atoms with Gasteiger partial charge in [-0.15, -0.1) is 0 Å². The average Bonchev–Trinajstić information content (AvgIpc) is 2.76. The molecule has 0 amide bonds. The Morgan fingerprint density at radius 1 is 1.29 bits per heavy atom. The van der Waals surface area contributed by atoms with Crippen molar-refractivity contribution in [3.05, 3.63) is 47.7 Å². The van der Waals surface area contributed by atoms with Crippen molar-refractivity contribution in [2.45, 2.75) is 19.2 Å². The fourth-order valence-electron chi connectivity index (χ4n) is 1.57. The van der Waals surface area contributed by atoms with E-state index in [0.29, 0.717) is 6.54 Å². The summed E-state index contributed by atoms with van der Waals surface area (Å²) >= 11 is 1.76. The van der Waals surface area contributed by atoms with Gasteiger partial charge in [0.15, 0.2) is 0 Å². The number of pyridine rings is 1. The summed E-state index contributed by atoms with van der Waals surface area (Å²) < 4.78 is 5.68. The first-order chi connectivity index (χ1) is 8.29. The van der Waals surface area contributed by atoms with Crippen LogP contribution in [0.15, 0.2) is 35.0 Å². The molecule has 0 aromatic carbocycles. The lowest BCUT2D eigenvalue weighted by Gasteiger charge is -2.06. The van der Waals surface area contributed by atoms with Crippen LogP contribution in [-0.2, 0) is 12.3 Å². The molecule has 0 aliphatic heterocycles. The highest BCUT2D eigenvalue weighted by Crippen LogP contribution is 2.16. The van der Waals surface area contributed by atoms with E-state index < -0.39 is 0 Å². The molecule has 1 N–H and O–H groups in total. The van der Waals surface area contributed by atoms with Gasteiger partial charge >= 0.3 is 0 Å². The maximum atomic E-state index is 5.68. The van der Waals surface area contributed by atoms with E-state index in [0.717, 1.165) is 23.0 Å². The average molecular weight is 248 g/mol. The Morgan fingerprint density at radius 3 is 2.88 bits per heavy atom. The molecule has 2 aromatic heterocycles. The van der Waals surface area contributed by atoms with E-state index in [2.05, 4.69) is 23.5 Å². The van der Waals surface area contributed by atoms with Gasteiger partial charge in [-0.2, -0.15) is 11.8 Å². The highest BCUT2D eigenvalue weighted by molar-refractivity contribution is 7.97. The van der Waals surface area contributed by atoms with E-state index in [1.54, 1.807) is 18.0 Å². The summed E-state index contributed by atoms with van der Waals surface area (Å²) in [5, 5.41) is 3.32. The number of thioether (sulfide) groups is 1. The molecular weight excluding hydrogens is 232 g/mol. The van der Waals surface area contributed by atoms with Crippen LogP contribution in [0.2, 0.25) is 0 Å². The summed E-state index contributed by atoms with van der Waals surface area (Å²) in [6.45, 7) is 2.76. The van der Waals surface area contributed by atoms with E-state index in [1.807, 2.05) is 24.4 Å². The molecule has 0 fully saturated rings. The molecule has 0 unspecified atom stereocenters. The number of anilines is 1. The maximum Gasteiger partial charge on any atom is 0.123 e. The summed E-state index contributed by atoms with van der Waals surface area (Å²) in [6.07, 6.45) is 5.70. The van der Waals surface area contributed by atoms with Crippen molar-refractivity contribution in [3.63, 3.8) is 0 Å². The van der Waals surface area contributed by atoms with Gasteiger partial charge in [0.2, 0.25) is 0 Å². The van der Waals surface area contributed by atoms with Crippen LogP contribution in [0.1, 0.15) is 17.1 Å². The predicted octanol–water partition coefficient (Wildman–Crippen LogP) is 3.46. The third-order valence-electron chi connectivity index (χ3n) is 2.50. The monoisotopic (exact) mass is 248 g/mol. The topological polar surface area (TPSA) is 38.1 Å². The van der Waals surface area contributed by atoms with Gasteiger partial charge in [-0.3, -0.25) is 4.98 Å². The fourth-order valence-corrected chi connectivity index (χ4v) is 2.01.